The first-order chi connectivity index (χ1) is 11.4. The number of carbonyl (C=O) groups is 1. The maximum atomic E-state index is 12.2. The summed E-state index contributed by atoms with van der Waals surface area (Å²) in [4.78, 5) is 35.7. The van der Waals surface area contributed by atoms with Gasteiger partial charge in [0, 0.05) is 31.8 Å². The van der Waals surface area contributed by atoms with E-state index in [1.165, 1.54) is 51.1 Å². The van der Waals surface area contributed by atoms with E-state index >= 15 is 0 Å². The van der Waals surface area contributed by atoms with Crippen LogP contribution < -0.4 is 31.6 Å². The Balaban J connectivity index is 2.23. The lowest BCUT2D eigenvalue weighted by molar-refractivity contribution is 0.0961. The number of rotatable bonds is 5. The van der Waals surface area contributed by atoms with Crippen LogP contribution in [0.3, 0.4) is 0 Å². The van der Waals surface area contributed by atoms with E-state index in [4.69, 9.17) is 9.47 Å². The molecule has 2 rings (SSSR count). The van der Waals surface area contributed by atoms with Crippen molar-refractivity contribution in [1.29, 1.82) is 0 Å². The van der Waals surface area contributed by atoms with E-state index in [2.05, 4.69) is 10.9 Å². The predicted molar refractivity (Wildman–Crippen MR) is 87.6 cm³/mol. The van der Waals surface area contributed by atoms with Crippen molar-refractivity contribution < 1.29 is 14.3 Å². The van der Waals surface area contributed by atoms with Crippen LogP contribution in [-0.2, 0) is 14.1 Å². The first kappa shape index (κ1) is 17.1. The third-order valence-electron chi connectivity index (χ3n) is 3.44. The van der Waals surface area contributed by atoms with Gasteiger partial charge in [0.25, 0.3) is 11.5 Å². The molecular weight excluding hydrogens is 316 g/mol. The fourth-order valence-corrected chi connectivity index (χ4v) is 1.98. The summed E-state index contributed by atoms with van der Waals surface area (Å²) in [7, 11) is 5.80. The molecule has 0 atom stereocenters. The van der Waals surface area contributed by atoms with E-state index in [1.54, 1.807) is 6.07 Å². The number of nitrogens with one attached hydrogen (secondary N) is 2. The first-order valence-electron chi connectivity index (χ1n) is 6.94. The fourth-order valence-electron chi connectivity index (χ4n) is 1.98. The van der Waals surface area contributed by atoms with Crippen LogP contribution in [0.1, 0.15) is 10.4 Å². The van der Waals surface area contributed by atoms with Gasteiger partial charge in [0.15, 0.2) is 0 Å². The smallest absolute Gasteiger partial charge is 0.332 e. The van der Waals surface area contributed by atoms with Crippen LogP contribution >= 0.6 is 0 Å². The zero-order chi connectivity index (χ0) is 17.9. The largest absolute Gasteiger partial charge is 0.497 e. The average Bonchev–Trinajstić information content (AvgIpc) is 2.60. The highest BCUT2D eigenvalue weighted by molar-refractivity contribution is 5.95. The highest BCUT2D eigenvalue weighted by atomic mass is 16.5. The van der Waals surface area contributed by atoms with E-state index in [9.17, 15) is 14.4 Å². The summed E-state index contributed by atoms with van der Waals surface area (Å²) in [6.45, 7) is 0. The average molecular weight is 334 g/mol. The molecule has 0 bridgehead atoms. The van der Waals surface area contributed by atoms with Gasteiger partial charge in [-0.2, -0.15) is 0 Å². The van der Waals surface area contributed by atoms with Gasteiger partial charge in [-0.15, -0.1) is 0 Å². The number of hydrogen-bond donors (Lipinski definition) is 2. The number of anilines is 1. The SMILES string of the molecule is COc1cc(OC)cc(C(=O)NNc2cc(=O)n(C)c(=O)n2C)c1. The molecule has 1 heterocycles. The monoisotopic (exact) mass is 334 g/mol. The summed E-state index contributed by atoms with van der Waals surface area (Å²) in [5, 5.41) is 0. The van der Waals surface area contributed by atoms with Gasteiger partial charge >= 0.3 is 5.69 Å². The van der Waals surface area contributed by atoms with Gasteiger partial charge in [0.05, 0.1) is 14.2 Å². The third-order valence-corrected chi connectivity index (χ3v) is 3.44. The molecule has 24 heavy (non-hydrogen) atoms. The van der Waals surface area contributed by atoms with Gasteiger partial charge in [0.2, 0.25) is 0 Å². The zero-order valence-electron chi connectivity index (χ0n) is 13.7. The second-order valence-corrected chi connectivity index (χ2v) is 4.95. The van der Waals surface area contributed by atoms with Crippen molar-refractivity contribution >= 4 is 11.7 Å². The molecule has 0 radical (unpaired) electrons. The number of nitrogens with zero attached hydrogens (tertiary/aromatic N) is 2. The van der Waals surface area contributed by atoms with Gasteiger partial charge in [-0.25, -0.2) is 4.79 Å². The molecule has 2 aromatic rings. The number of amides is 1. The topological polar surface area (TPSA) is 104 Å². The number of hydrazine groups is 1. The Morgan fingerprint density at radius 3 is 2.08 bits per heavy atom. The molecule has 0 spiro atoms. The van der Waals surface area contributed by atoms with Gasteiger partial charge in [0.1, 0.15) is 17.3 Å². The number of carbonyl (C=O) groups excluding carboxylic acids is 1. The molecular formula is C15H18N4O5. The Bertz CT molecular complexity index is 862. The second kappa shape index (κ2) is 6.90. The quantitative estimate of drug-likeness (QED) is 0.738. The molecule has 0 saturated carbocycles. The van der Waals surface area contributed by atoms with Gasteiger partial charge < -0.3 is 9.47 Å². The van der Waals surface area contributed by atoms with Crippen LogP contribution in [0.4, 0.5) is 5.82 Å². The zero-order valence-corrected chi connectivity index (χ0v) is 13.7. The number of methoxy groups -OCH3 is 2. The molecule has 0 unspecified atom stereocenters. The van der Waals surface area contributed by atoms with Crippen LogP contribution in [0.25, 0.3) is 0 Å². The summed E-state index contributed by atoms with van der Waals surface area (Å²) in [5.74, 6) is 0.590. The molecule has 2 N–H and O–H groups in total. The van der Waals surface area contributed by atoms with E-state index < -0.39 is 17.2 Å². The van der Waals surface area contributed by atoms with E-state index in [0.29, 0.717) is 11.5 Å². The summed E-state index contributed by atoms with van der Waals surface area (Å²) in [6, 6.07) is 5.90. The second-order valence-electron chi connectivity index (χ2n) is 4.95. The van der Waals surface area contributed by atoms with Crippen LogP contribution in [0.2, 0.25) is 0 Å². The van der Waals surface area contributed by atoms with Crippen molar-refractivity contribution in [2.24, 2.45) is 14.1 Å². The minimum atomic E-state index is -0.512. The molecule has 9 nitrogen and oxygen atoms in total. The van der Waals surface area contributed by atoms with Crippen LogP contribution in [0.15, 0.2) is 33.9 Å². The minimum absolute atomic E-state index is 0.159. The first-order valence-corrected chi connectivity index (χ1v) is 6.94. The van der Waals surface area contributed by atoms with E-state index in [0.717, 1.165) is 4.57 Å². The molecule has 128 valence electrons. The normalized spacial score (nSPS) is 10.2. The third kappa shape index (κ3) is 3.40. The van der Waals surface area contributed by atoms with Crippen molar-refractivity contribution in [2.75, 3.05) is 19.6 Å². The van der Waals surface area contributed by atoms with Crippen LogP contribution in [0.5, 0.6) is 11.5 Å². The maximum absolute atomic E-state index is 12.2. The van der Waals surface area contributed by atoms with Crippen molar-refractivity contribution in [3.63, 3.8) is 0 Å². The molecule has 1 aromatic carbocycles. The Morgan fingerprint density at radius 2 is 1.54 bits per heavy atom. The van der Waals surface area contributed by atoms with Crippen molar-refractivity contribution in [2.45, 2.75) is 0 Å². The Hall–Kier alpha value is -3.23. The lowest BCUT2D eigenvalue weighted by Gasteiger charge is -2.13. The molecule has 1 aromatic heterocycles. The van der Waals surface area contributed by atoms with Crippen LogP contribution in [-0.4, -0.2) is 29.3 Å². The Morgan fingerprint density at radius 1 is 0.958 bits per heavy atom. The summed E-state index contributed by atoms with van der Waals surface area (Å²) in [5.41, 5.74) is 4.27. The van der Waals surface area contributed by atoms with E-state index in [-0.39, 0.29) is 11.4 Å². The number of aromatic nitrogens is 2. The Kier molecular flexibility index (Phi) is 4.93. The molecule has 9 heteroatoms. The lowest BCUT2D eigenvalue weighted by Crippen LogP contribution is -2.40. The fraction of sp³-hybridized carbons (Fsp3) is 0.267. The number of benzene rings is 1. The van der Waals surface area contributed by atoms with E-state index in [1.807, 2.05) is 0 Å². The minimum Gasteiger partial charge on any atom is -0.497 e. The molecule has 1 amide bonds. The predicted octanol–water partition coefficient (Wildman–Crippen LogP) is -0.142. The van der Waals surface area contributed by atoms with Crippen molar-refractivity contribution in [1.82, 2.24) is 14.6 Å². The van der Waals surface area contributed by atoms with Crippen LogP contribution in [0, 0.1) is 0 Å². The highest BCUT2D eigenvalue weighted by Gasteiger charge is 2.11. The summed E-state index contributed by atoms with van der Waals surface area (Å²) >= 11 is 0. The van der Waals surface area contributed by atoms with Gasteiger partial charge in [-0.1, -0.05) is 0 Å². The van der Waals surface area contributed by atoms with Gasteiger partial charge in [-0.3, -0.25) is 29.6 Å². The molecule has 0 aliphatic heterocycles. The Labute approximate surface area is 137 Å². The summed E-state index contributed by atoms with van der Waals surface area (Å²) in [6.07, 6.45) is 0. The molecule has 0 fully saturated rings. The lowest BCUT2D eigenvalue weighted by atomic mass is 10.2. The highest BCUT2D eigenvalue weighted by Crippen LogP contribution is 2.22. The van der Waals surface area contributed by atoms with Crippen molar-refractivity contribution in [3.8, 4) is 11.5 Å². The van der Waals surface area contributed by atoms with Gasteiger partial charge in [-0.05, 0) is 12.1 Å². The number of hydrogen-bond acceptors (Lipinski definition) is 6. The number of ether oxygens (including phenoxy) is 2. The standard InChI is InChI=1S/C15H18N4O5/c1-18-12(8-13(20)19(2)15(18)22)16-17-14(21)9-5-10(23-3)7-11(6-9)24-4/h5-8,16H,1-4H3,(H,17,21). The molecule has 0 aliphatic rings. The van der Waals surface area contributed by atoms with Crippen molar-refractivity contribution in [3.05, 3.63) is 50.7 Å². The molecule has 0 saturated heterocycles. The maximum Gasteiger partial charge on any atom is 0.332 e. The molecule has 0 aliphatic carbocycles. The summed E-state index contributed by atoms with van der Waals surface area (Å²) < 4.78 is 12.4.